The second kappa shape index (κ2) is 9.37. The minimum absolute atomic E-state index is 0.455. The molecule has 110 valence electrons. The lowest BCUT2D eigenvalue weighted by Crippen LogP contribution is -2.31. The highest BCUT2D eigenvalue weighted by Crippen LogP contribution is 2.15. The fourth-order valence-electron chi connectivity index (χ4n) is 1.86. The van der Waals surface area contributed by atoms with Gasteiger partial charge in [0, 0.05) is 12.5 Å². The molecule has 0 aromatic carbocycles. The Balaban J connectivity index is 2.44. The third-order valence-electron chi connectivity index (χ3n) is 2.80. The van der Waals surface area contributed by atoms with E-state index in [2.05, 4.69) is 43.2 Å². The summed E-state index contributed by atoms with van der Waals surface area (Å²) in [5, 5.41) is 8.19. The van der Waals surface area contributed by atoms with Crippen LogP contribution in [-0.2, 0) is 12.2 Å². The summed E-state index contributed by atoms with van der Waals surface area (Å²) in [4.78, 5) is 4.47. The Bertz CT molecular complexity index is 341. The van der Waals surface area contributed by atoms with Crippen LogP contribution in [0.5, 0.6) is 0 Å². The predicted octanol–water partition coefficient (Wildman–Crippen LogP) is 3.42. The lowest BCUT2D eigenvalue weighted by Gasteiger charge is -2.15. The molecule has 1 aromatic heterocycles. The Labute approximate surface area is 121 Å². The van der Waals surface area contributed by atoms with Crippen LogP contribution in [0.4, 0.5) is 0 Å². The van der Waals surface area contributed by atoms with Crippen molar-refractivity contribution in [2.45, 2.75) is 70.4 Å². The van der Waals surface area contributed by atoms with Crippen molar-refractivity contribution in [1.82, 2.24) is 15.5 Å². The highest BCUT2D eigenvalue weighted by molar-refractivity contribution is 7.99. The maximum atomic E-state index is 5.34. The molecular formula is C14H27N3OS. The number of rotatable bonds is 10. The molecule has 0 aliphatic heterocycles. The van der Waals surface area contributed by atoms with Crippen LogP contribution in [0.2, 0.25) is 0 Å². The molecule has 0 bridgehead atoms. The van der Waals surface area contributed by atoms with Gasteiger partial charge in [0.05, 0.1) is 5.75 Å². The van der Waals surface area contributed by atoms with Crippen molar-refractivity contribution >= 4 is 11.8 Å². The van der Waals surface area contributed by atoms with Crippen molar-refractivity contribution in [2.24, 2.45) is 0 Å². The van der Waals surface area contributed by atoms with E-state index in [4.69, 9.17) is 4.52 Å². The number of hydrogen-bond acceptors (Lipinski definition) is 5. The Morgan fingerprint density at radius 1 is 1.26 bits per heavy atom. The summed E-state index contributed by atoms with van der Waals surface area (Å²) in [5.74, 6) is 2.42. The normalized spacial score (nSPS) is 13.1. The second-order valence-corrected chi connectivity index (χ2v) is 6.67. The molecule has 0 aliphatic rings. The second-order valence-electron chi connectivity index (χ2n) is 5.11. The van der Waals surface area contributed by atoms with E-state index in [1.807, 2.05) is 11.8 Å². The smallest absolute Gasteiger partial charge is 0.228 e. The van der Waals surface area contributed by atoms with Crippen LogP contribution in [0, 0.1) is 0 Å². The third-order valence-corrected chi connectivity index (χ3v) is 3.89. The molecule has 0 saturated heterocycles. The molecule has 4 nitrogen and oxygen atoms in total. The maximum absolute atomic E-state index is 5.34. The SMILES string of the molecule is CCCNC(CCC)Cc1nc(CSC(C)C)no1. The molecule has 0 radical (unpaired) electrons. The van der Waals surface area contributed by atoms with E-state index in [-0.39, 0.29) is 0 Å². The molecule has 0 amide bonds. The van der Waals surface area contributed by atoms with E-state index < -0.39 is 0 Å². The highest BCUT2D eigenvalue weighted by atomic mass is 32.2. The molecule has 19 heavy (non-hydrogen) atoms. The molecule has 0 fully saturated rings. The van der Waals surface area contributed by atoms with Crippen molar-refractivity contribution in [2.75, 3.05) is 6.54 Å². The van der Waals surface area contributed by atoms with Gasteiger partial charge in [-0.15, -0.1) is 0 Å². The van der Waals surface area contributed by atoms with Gasteiger partial charge in [-0.2, -0.15) is 16.7 Å². The van der Waals surface area contributed by atoms with Crippen LogP contribution in [0.3, 0.4) is 0 Å². The van der Waals surface area contributed by atoms with Gasteiger partial charge in [0.2, 0.25) is 5.89 Å². The van der Waals surface area contributed by atoms with E-state index in [9.17, 15) is 0 Å². The lowest BCUT2D eigenvalue weighted by atomic mass is 10.1. The first-order valence-corrected chi connectivity index (χ1v) is 8.37. The molecular weight excluding hydrogens is 258 g/mol. The summed E-state index contributed by atoms with van der Waals surface area (Å²) in [6.07, 6.45) is 4.32. The zero-order chi connectivity index (χ0) is 14.1. The van der Waals surface area contributed by atoms with Gasteiger partial charge in [-0.25, -0.2) is 0 Å². The van der Waals surface area contributed by atoms with Crippen molar-refractivity contribution in [3.8, 4) is 0 Å². The van der Waals surface area contributed by atoms with Gasteiger partial charge >= 0.3 is 0 Å². The van der Waals surface area contributed by atoms with Gasteiger partial charge < -0.3 is 9.84 Å². The molecule has 1 aromatic rings. The number of nitrogens with one attached hydrogen (secondary N) is 1. The highest BCUT2D eigenvalue weighted by Gasteiger charge is 2.13. The minimum atomic E-state index is 0.455. The molecule has 1 heterocycles. The van der Waals surface area contributed by atoms with Crippen LogP contribution in [-0.4, -0.2) is 28.0 Å². The largest absolute Gasteiger partial charge is 0.339 e. The van der Waals surface area contributed by atoms with Crippen molar-refractivity contribution in [3.63, 3.8) is 0 Å². The van der Waals surface area contributed by atoms with Crippen molar-refractivity contribution in [3.05, 3.63) is 11.7 Å². The van der Waals surface area contributed by atoms with E-state index in [1.54, 1.807) is 0 Å². The molecule has 1 unspecified atom stereocenters. The van der Waals surface area contributed by atoms with Crippen LogP contribution in [0.1, 0.15) is 58.7 Å². The van der Waals surface area contributed by atoms with E-state index in [0.29, 0.717) is 11.3 Å². The van der Waals surface area contributed by atoms with Crippen molar-refractivity contribution < 1.29 is 4.52 Å². The van der Waals surface area contributed by atoms with Crippen molar-refractivity contribution in [1.29, 1.82) is 0 Å². The van der Waals surface area contributed by atoms with Gasteiger partial charge in [-0.1, -0.05) is 39.3 Å². The van der Waals surface area contributed by atoms with Crippen LogP contribution < -0.4 is 5.32 Å². The Hall–Kier alpha value is -0.550. The summed E-state index contributed by atoms with van der Waals surface area (Å²) < 4.78 is 5.34. The Morgan fingerprint density at radius 3 is 2.68 bits per heavy atom. The van der Waals surface area contributed by atoms with Crippen LogP contribution in [0.15, 0.2) is 4.52 Å². The van der Waals surface area contributed by atoms with Gasteiger partial charge in [0.25, 0.3) is 0 Å². The molecule has 5 heteroatoms. The monoisotopic (exact) mass is 285 g/mol. The standard InChI is InChI=1S/C14H27N3OS/c1-5-7-12(15-8-6-2)9-14-16-13(17-18-14)10-19-11(3)4/h11-12,15H,5-10H2,1-4H3. The molecule has 1 atom stereocenters. The molecule has 0 saturated carbocycles. The fraction of sp³-hybridized carbons (Fsp3) is 0.857. The number of aromatic nitrogens is 2. The van der Waals surface area contributed by atoms with Gasteiger partial charge in [0.1, 0.15) is 0 Å². The van der Waals surface area contributed by atoms with Gasteiger partial charge in [-0.05, 0) is 24.6 Å². The van der Waals surface area contributed by atoms with Gasteiger partial charge in [0.15, 0.2) is 5.82 Å². The summed E-state index contributed by atoms with van der Waals surface area (Å²) in [7, 11) is 0. The van der Waals surface area contributed by atoms with Gasteiger partial charge in [-0.3, -0.25) is 0 Å². The lowest BCUT2D eigenvalue weighted by molar-refractivity contribution is 0.347. The average Bonchev–Trinajstić information content (AvgIpc) is 2.81. The maximum Gasteiger partial charge on any atom is 0.228 e. The minimum Gasteiger partial charge on any atom is -0.339 e. The topological polar surface area (TPSA) is 51.0 Å². The van der Waals surface area contributed by atoms with Crippen LogP contribution in [0.25, 0.3) is 0 Å². The average molecular weight is 285 g/mol. The third kappa shape index (κ3) is 6.97. The number of nitrogens with zero attached hydrogens (tertiary/aromatic N) is 2. The number of thioether (sulfide) groups is 1. The summed E-state index contributed by atoms with van der Waals surface area (Å²) in [6.45, 7) is 9.80. The van der Waals surface area contributed by atoms with E-state index >= 15 is 0 Å². The molecule has 1 N–H and O–H groups in total. The van der Waals surface area contributed by atoms with Crippen LogP contribution >= 0.6 is 11.8 Å². The Kier molecular flexibility index (Phi) is 8.14. The zero-order valence-corrected chi connectivity index (χ0v) is 13.4. The zero-order valence-electron chi connectivity index (χ0n) is 12.6. The summed E-state index contributed by atoms with van der Waals surface area (Å²) in [6, 6.07) is 0.455. The first kappa shape index (κ1) is 16.5. The molecule has 0 aliphatic carbocycles. The quantitative estimate of drug-likeness (QED) is 0.714. The predicted molar refractivity (Wildman–Crippen MR) is 81.4 cm³/mol. The number of hydrogen-bond donors (Lipinski definition) is 1. The first-order chi connectivity index (χ1) is 9.15. The summed E-state index contributed by atoms with van der Waals surface area (Å²) in [5.41, 5.74) is 0. The fourth-order valence-corrected chi connectivity index (χ4v) is 2.46. The van der Waals surface area contributed by atoms with E-state index in [0.717, 1.165) is 43.3 Å². The molecule has 0 spiro atoms. The van der Waals surface area contributed by atoms with E-state index in [1.165, 1.54) is 6.42 Å². The first-order valence-electron chi connectivity index (χ1n) is 7.32. The Morgan fingerprint density at radius 2 is 2.05 bits per heavy atom. The summed E-state index contributed by atoms with van der Waals surface area (Å²) >= 11 is 1.84. The molecule has 1 rings (SSSR count).